The second-order valence-electron chi connectivity index (χ2n) is 3.81. The molecule has 1 aromatic carbocycles. The van der Waals surface area contributed by atoms with E-state index >= 15 is 0 Å². The van der Waals surface area contributed by atoms with Gasteiger partial charge in [-0.15, -0.1) is 0 Å². The number of anilines is 2. The van der Waals surface area contributed by atoms with Gasteiger partial charge in [-0.1, -0.05) is 0 Å². The molecule has 0 fully saturated rings. The Hall–Kier alpha value is -1.93. The molecule has 0 unspecified atom stereocenters. The number of nitrogens with zero attached hydrogens (tertiary/aromatic N) is 2. The van der Waals surface area contributed by atoms with Gasteiger partial charge in [-0.05, 0) is 12.1 Å². The number of hydrogen-bond donors (Lipinski definition) is 1. The molecule has 0 bridgehead atoms. The van der Waals surface area contributed by atoms with E-state index in [0.29, 0.717) is 31.8 Å². The van der Waals surface area contributed by atoms with Gasteiger partial charge in [0.15, 0.2) is 0 Å². The van der Waals surface area contributed by atoms with Crippen LogP contribution in [0.1, 0.15) is 6.42 Å². The van der Waals surface area contributed by atoms with Crippen LogP contribution >= 0.6 is 0 Å². The zero-order valence-electron chi connectivity index (χ0n) is 10.8. The summed E-state index contributed by atoms with van der Waals surface area (Å²) in [6, 6.07) is 7.64. The van der Waals surface area contributed by atoms with Crippen LogP contribution in [0.5, 0.6) is 5.75 Å². The normalized spacial score (nSPS) is 9.83. The van der Waals surface area contributed by atoms with Gasteiger partial charge in [0.2, 0.25) is 0 Å². The molecular formula is C13H19N3O2. The SMILES string of the molecule is COCCN(CCC#N)c1cc(OC)ccc1N. The Morgan fingerprint density at radius 1 is 1.33 bits per heavy atom. The fourth-order valence-corrected chi connectivity index (χ4v) is 1.66. The second kappa shape index (κ2) is 7.41. The molecule has 0 aromatic heterocycles. The lowest BCUT2D eigenvalue weighted by atomic mass is 10.2. The smallest absolute Gasteiger partial charge is 0.121 e. The van der Waals surface area contributed by atoms with Crippen LogP contribution in [-0.4, -0.2) is 33.9 Å². The van der Waals surface area contributed by atoms with E-state index in [1.165, 1.54) is 0 Å². The molecule has 5 nitrogen and oxygen atoms in total. The van der Waals surface area contributed by atoms with Crippen molar-refractivity contribution >= 4 is 11.4 Å². The first kappa shape index (κ1) is 14.1. The fraction of sp³-hybridized carbons (Fsp3) is 0.462. The van der Waals surface area contributed by atoms with Gasteiger partial charge in [0, 0.05) is 26.3 Å². The average molecular weight is 249 g/mol. The minimum absolute atomic E-state index is 0.445. The molecule has 0 amide bonds. The van der Waals surface area contributed by atoms with Crippen LogP contribution < -0.4 is 15.4 Å². The quantitative estimate of drug-likeness (QED) is 0.744. The van der Waals surface area contributed by atoms with Gasteiger partial charge in [0.25, 0.3) is 0 Å². The number of benzene rings is 1. The number of nitriles is 1. The standard InChI is InChI=1S/C13H19N3O2/c1-17-9-8-16(7-3-6-14)13-10-11(18-2)4-5-12(13)15/h4-5,10H,3,7-9,15H2,1-2H3. The number of nitrogens with two attached hydrogens (primary N) is 1. The van der Waals surface area contributed by atoms with Crippen molar-refractivity contribution in [3.63, 3.8) is 0 Å². The van der Waals surface area contributed by atoms with Gasteiger partial charge in [0.05, 0.1) is 37.6 Å². The number of ether oxygens (including phenoxy) is 2. The first-order valence-electron chi connectivity index (χ1n) is 5.77. The van der Waals surface area contributed by atoms with Crippen LogP contribution in [0.25, 0.3) is 0 Å². The number of hydrogen-bond acceptors (Lipinski definition) is 5. The highest BCUT2D eigenvalue weighted by Crippen LogP contribution is 2.28. The van der Waals surface area contributed by atoms with E-state index in [0.717, 1.165) is 11.4 Å². The molecule has 1 aromatic rings. The summed E-state index contributed by atoms with van der Waals surface area (Å²) >= 11 is 0. The summed E-state index contributed by atoms with van der Waals surface area (Å²) in [5, 5.41) is 8.69. The van der Waals surface area contributed by atoms with E-state index in [9.17, 15) is 0 Å². The third-order valence-corrected chi connectivity index (χ3v) is 2.64. The molecule has 0 atom stereocenters. The second-order valence-corrected chi connectivity index (χ2v) is 3.81. The molecule has 0 aliphatic carbocycles. The molecule has 0 spiro atoms. The van der Waals surface area contributed by atoms with Crippen LogP contribution in [0.2, 0.25) is 0 Å². The maximum Gasteiger partial charge on any atom is 0.121 e. The third kappa shape index (κ3) is 3.82. The molecular weight excluding hydrogens is 230 g/mol. The Morgan fingerprint density at radius 2 is 2.11 bits per heavy atom. The largest absolute Gasteiger partial charge is 0.497 e. The van der Waals surface area contributed by atoms with E-state index < -0.39 is 0 Å². The molecule has 1 rings (SSSR count). The van der Waals surface area contributed by atoms with Crippen LogP contribution in [0.3, 0.4) is 0 Å². The van der Waals surface area contributed by atoms with E-state index in [4.69, 9.17) is 20.5 Å². The summed E-state index contributed by atoms with van der Waals surface area (Å²) in [5.41, 5.74) is 7.52. The number of methoxy groups -OCH3 is 2. The molecule has 5 heteroatoms. The summed E-state index contributed by atoms with van der Waals surface area (Å²) in [7, 11) is 3.27. The van der Waals surface area contributed by atoms with Crippen LogP contribution in [0.4, 0.5) is 11.4 Å². The van der Waals surface area contributed by atoms with Crippen LogP contribution in [0, 0.1) is 11.3 Å². The van der Waals surface area contributed by atoms with Gasteiger partial charge in [-0.3, -0.25) is 0 Å². The van der Waals surface area contributed by atoms with Crippen molar-refractivity contribution in [2.45, 2.75) is 6.42 Å². The minimum Gasteiger partial charge on any atom is -0.497 e. The Bertz CT molecular complexity index is 415. The van der Waals surface area contributed by atoms with E-state index in [2.05, 4.69) is 6.07 Å². The van der Waals surface area contributed by atoms with E-state index in [-0.39, 0.29) is 0 Å². The van der Waals surface area contributed by atoms with E-state index in [1.54, 1.807) is 20.3 Å². The lowest BCUT2D eigenvalue weighted by Crippen LogP contribution is -2.28. The van der Waals surface area contributed by atoms with Crippen molar-refractivity contribution in [2.75, 3.05) is 44.5 Å². The van der Waals surface area contributed by atoms with Gasteiger partial charge >= 0.3 is 0 Å². The Labute approximate surface area is 108 Å². The first-order chi connectivity index (χ1) is 8.72. The highest BCUT2D eigenvalue weighted by Gasteiger charge is 2.10. The van der Waals surface area contributed by atoms with Crippen LogP contribution in [0.15, 0.2) is 18.2 Å². The third-order valence-electron chi connectivity index (χ3n) is 2.64. The molecule has 0 radical (unpaired) electrons. The monoisotopic (exact) mass is 249 g/mol. The van der Waals surface area contributed by atoms with Gasteiger partial charge in [-0.2, -0.15) is 5.26 Å². The van der Waals surface area contributed by atoms with Crippen LogP contribution in [-0.2, 0) is 4.74 Å². The number of rotatable bonds is 7. The average Bonchev–Trinajstić information content (AvgIpc) is 2.40. The van der Waals surface area contributed by atoms with Crippen molar-refractivity contribution in [1.82, 2.24) is 0 Å². The van der Waals surface area contributed by atoms with Gasteiger partial charge in [0.1, 0.15) is 5.75 Å². The predicted molar refractivity (Wildman–Crippen MR) is 71.7 cm³/mol. The van der Waals surface area contributed by atoms with Crippen molar-refractivity contribution < 1.29 is 9.47 Å². The molecule has 18 heavy (non-hydrogen) atoms. The summed E-state index contributed by atoms with van der Waals surface area (Å²) in [6.45, 7) is 1.90. The summed E-state index contributed by atoms with van der Waals surface area (Å²) in [5.74, 6) is 0.749. The summed E-state index contributed by atoms with van der Waals surface area (Å²) < 4.78 is 10.3. The van der Waals surface area contributed by atoms with Crippen molar-refractivity contribution in [1.29, 1.82) is 5.26 Å². The highest BCUT2D eigenvalue weighted by molar-refractivity contribution is 5.69. The maximum absolute atomic E-state index is 8.69. The Kier molecular flexibility index (Phi) is 5.81. The summed E-state index contributed by atoms with van der Waals surface area (Å²) in [4.78, 5) is 2.03. The first-order valence-corrected chi connectivity index (χ1v) is 5.77. The lowest BCUT2D eigenvalue weighted by Gasteiger charge is -2.25. The molecule has 98 valence electrons. The maximum atomic E-state index is 8.69. The van der Waals surface area contributed by atoms with Gasteiger partial charge in [-0.25, -0.2) is 0 Å². The topological polar surface area (TPSA) is 71.5 Å². The predicted octanol–water partition coefficient (Wildman–Crippen LogP) is 1.64. The lowest BCUT2D eigenvalue weighted by molar-refractivity contribution is 0.205. The fourth-order valence-electron chi connectivity index (χ4n) is 1.66. The Balaban J connectivity index is 2.91. The molecule has 0 saturated carbocycles. The van der Waals surface area contributed by atoms with Crippen molar-refractivity contribution in [3.8, 4) is 11.8 Å². The van der Waals surface area contributed by atoms with Gasteiger partial charge < -0.3 is 20.1 Å². The zero-order chi connectivity index (χ0) is 13.4. The highest BCUT2D eigenvalue weighted by atomic mass is 16.5. The zero-order valence-corrected chi connectivity index (χ0v) is 10.8. The summed E-state index contributed by atoms with van der Waals surface area (Å²) in [6.07, 6.45) is 0.445. The Morgan fingerprint density at radius 3 is 2.72 bits per heavy atom. The van der Waals surface area contributed by atoms with Crippen molar-refractivity contribution in [2.24, 2.45) is 0 Å². The molecule has 2 N–H and O–H groups in total. The number of nitrogen functional groups attached to an aromatic ring is 1. The molecule has 0 aliphatic heterocycles. The molecule has 0 heterocycles. The minimum atomic E-state index is 0.445. The molecule has 0 saturated heterocycles. The van der Waals surface area contributed by atoms with E-state index in [1.807, 2.05) is 17.0 Å². The van der Waals surface area contributed by atoms with Crippen molar-refractivity contribution in [3.05, 3.63) is 18.2 Å². The molecule has 0 aliphatic rings.